The van der Waals surface area contributed by atoms with E-state index in [1.807, 2.05) is 0 Å². The molecule has 10 heteroatoms. The van der Waals surface area contributed by atoms with Crippen LogP contribution in [0.2, 0.25) is 0 Å². The Balaban J connectivity index is 1.82. The van der Waals surface area contributed by atoms with Crippen LogP contribution in [0.3, 0.4) is 0 Å². The zero-order valence-electron chi connectivity index (χ0n) is 13.2. The summed E-state index contributed by atoms with van der Waals surface area (Å²) in [6.45, 7) is 3.40. The SMILES string of the molecule is Cc1cc(NC(=O)c2cnn(C)c2C(=O)Nc2cc(C)on2)no1. The maximum atomic E-state index is 12.4. The van der Waals surface area contributed by atoms with Gasteiger partial charge in [-0.3, -0.25) is 14.3 Å². The fourth-order valence-electron chi connectivity index (χ4n) is 2.08. The van der Waals surface area contributed by atoms with Gasteiger partial charge >= 0.3 is 0 Å². The first-order chi connectivity index (χ1) is 11.4. The van der Waals surface area contributed by atoms with Gasteiger partial charge in [-0.15, -0.1) is 0 Å². The number of hydrogen-bond acceptors (Lipinski definition) is 7. The van der Waals surface area contributed by atoms with Crippen molar-refractivity contribution in [1.29, 1.82) is 0 Å². The van der Waals surface area contributed by atoms with Crippen molar-refractivity contribution >= 4 is 23.5 Å². The first-order valence-electron chi connectivity index (χ1n) is 6.95. The average molecular weight is 330 g/mol. The van der Waals surface area contributed by atoms with Crippen molar-refractivity contribution in [3.63, 3.8) is 0 Å². The van der Waals surface area contributed by atoms with Crippen molar-refractivity contribution in [3.8, 4) is 0 Å². The topological polar surface area (TPSA) is 128 Å². The van der Waals surface area contributed by atoms with Crippen LogP contribution in [0, 0.1) is 13.8 Å². The number of hydrogen-bond donors (Lipinski definition) is 2. The van der Waals surface area contributed by atoms with Crippen LogP contribution >= 0.6 is 0 Å². The Morgan fingerprint density at radius 3 is 2.04 bits per heavy atom. The maximum absolute atomic E-state index is 12.4. The van der Waals surface area contributed by atoms with Crippen LogP contribution in [0.25, 0.3) is 0 Å². The number of amides is 2. The average Bonchev–Trinajstić information content (AvgIpc) is 3.20. The van der Waals surface area contributed by atoms with Crippen molar-refractivity contribution in [3.05, 3.63) is 41.1 Å². The standard InChI is InChI=1S/C14H14N6O4/c1-7-4-10(18-23-7)16-13(21)9-6-15-20(3)12(9)14(22)17-11-5-8(2)24-19-11/h4-6H,1-3H3,(H,16,18,21)(H,17,19,22). The molecule has 0 saturated heterocycles. The van der Waals surface area contributed by atoms with Crippen LogP contribution in [-0.4, -0.2) is 31.9 Å². The van der Waals surface area contributed by atoms with Gasteiger partial charge in [0.05, 0.1) is 11.8 Å². The van der Waals surface area contributed by atoms with Crippen molar-refractivity contribution < 1.29 is 18.6 Å². The molecule has 0 atom stereocenters. The number of nitrogens with one attached hydrogen (secondary N) is 2. The number of rotatable bonds is 4. The van der Waals surface area contributed by atoms with Gasteiger partial charge in [0.2, 0.25) is 0 Å². The second kappa shape index (κ2) is 5.99. The van der Waals surface area contributed by atoms with E-state index in [2.05, 4.69) is 26.0 Å². The molecule has 0 spiro atoms. The summed E-state index contributed by atoms with van der Waals surface area (Å²) in [7, 11) is 1.56. The van der Waals surface area contributed by atoms with E-state index in [0.29, 0.717) is 11.5 Å². The Kier molecular flexibility index (Phi) is 3.86. The molecule has 3 aromatic heterocycles. The highest BCUT2D eigenvalue weighted by atomic mass is 16.5. The summed E-state index contributed by atoms with van der Waals surface area (Å²) in [4.78, 5) is 24.8. The Morgan fingerprint density at radius 1 is 1.00 bits per heavy atom. The quantitative estimate of drug-likeness (QED) is 0.742. The summed E-state index contributed by atoms with van der Waals surface area (Å²) >= 11 is 0. The molecular formula is C14H14N6O4. The molecule has 124 valence electrons. The van der Waals surface area contributed by atoms with E-state index in [9.17, 15) is 9.59 Å². The Bertz CT molecular complexity index is 906. The molecule has 2 amide bonds. The number of carbonyl (C=O) groups excluding carboxylic acids is 2. The normalized spacial score (nSPS) is 10.6. The molecule has 0 saturated carbocycles. The third kappa shape index (κ3) is 3.02. The lowest BCUT2D eigenvalue weighted by Crippen LogP contribution is -2.22. The number of nitrogens with zero attached hydrogens (tertiary/aromatic N) is 4. The number of aryl methyl sites for hydroxylation is 3. The van der Waals surface area contributed by atoms with E-state index in [1.165, 1.54) is 10.9 Å². The maximum Gasteiger partial charge on any atom is 0.275 e. The zero-order valence-corrected chi connectivity index (χ0v) is 13.2. The highest BCUT2D eigenvalue weighted by molar-refractivity contribution is 6.14. The molecule has 3 rings (SSSR count). The molecule has 3 heterocycles. The van der Waals surface area contributed by atoms with Gasteiger partial charge in [0.25, 0.3) is 11.8 Å². The van der Waals surface area contributed by atoms with Crippen LogP contribution in [0.1, 0.15) is 32.4 Å². The second-order valence-corrected chi connectivity index (χ2v) is 5.08. The molecule has 0 aliphatic carbocycles. The van der Waals surface area contributed by atoms with Gasteiger partial charge in [-0.2, -0.15) is 5.10 Å². The van der Waals surface area contributed by atoms with Crippen LogP contribution in [0.5, 0.6) is 0 Å². The molecular weight excluding hydrogens is 316 g/mol. The minimum Gasteiger partial charge on any atom is -0.360 e. The summed E-state index contributed by atoms with van der Waals surface area (Å²) in [5, 5.41) is 16.4. The monoisotopic (exact) mass is 330 g/mol. The molecule has 0 aliphatic heterocycles. The summed E-state index contributed by atoms with van der Waals surface area (Å²) in [5.74, 6) is 0.533. The van der Waals surface area contributed by atoms with Crippen molar-refractivity contribution in [2.24, 2.45) is 7.05 Å². The van der Waals surface area contributed by atoms with Gasteiger partial charge in [0.15, 0.2) is 11.6 Å². The number of anilines is 2. The first kappa shape index (κ1) is 15.5. The minimum absolute atomic E-state index is 0.0772. The lowest BCUT2D eigenvalue weighted by Gasteiger charge is -2.05. The van der Waals surface area contributed by atoms with E-state index >= 15 is 0 Å². The van der Waals surface area contributed by atoms with Crippen molar-refractivity contribution in [2.45, 2.75) is 13.8 Å². The van der Waals surface area contributed by atoms with Crippen LogP contribution in [-0.2, 0) is 7.05 Å². The predicted octanol–water partition coefficient (Wildman–Crippen LogP) is 1.52. The molecule has 10 nitrogen and oxygen atoms in total. The molecule has 2 N–H and O–H groups in total. The van der Waals surface area contributed by atoms with Crippen molar-refractivity contribution in [1.82, 2.24) is 20.1 Å². The van der Waals surface area contributed by atoms with E-state index < -0.39 is 11.8 Å². The lowest BCUT2D eigenvalue weighted by molar-refractivity contribution is 0.0984. The first-order valence-corrected chi connectivity index (χ1v) is 6.95. The fourth-order valence-corrected chi connectivity index (χ4v) is 2.08. The number of aromatic nitrogens is 4. The molecule has 3 aromatic rings. The van der Waals surface area contributed by atoms with Crippen molar-refractivity contribution in [2.75, 3.05) is 10.6 Å². The predicted molar refractivity (Wildman–Crippen MR) is 81.6 cm³/mol. The van der Waals surface area contributed by atoms with Gasteiger partial charge in [-0.05, 0) is 13.8 Å². The zero-order chi connectivity index (χ0) is 17.3. The summed E-state index contributed by atoms with van der Waals surface area (Å²) in [6.07, 6.45) is 1.30. The van der Waals surface area contributed by atoms with E-state index in [-0.39, 0.29) is 22.9 Å². The molecule has 0 bridgehead atoms. The Hall–Kier alpha value is -3.43. The van der Waals surface area contributed by atoms with Gasteiger partial charge in [-0.25, -0.2) is 0 Å². The van der Waals surface area contributed by atoms with Crippen LogP contribution < -0.4 is 10.6 Å². The smallest absolute Gasteiger partial charge is 0.275 e. The third-order valence-corrected chi connectivity index (χ3v) is 3.14. The molecule has 24 heavy (non-hydrogen) atoms. The van der Waals surface area contributed by atoms with Crippen LogP contribution in [0.15, 0.2) is 27.4 Å². The van der Waals surface area contributed by atoms with Crippen LogP contribution in [0.4, 0.5) is 11.6 Å². The van der Waals surface area contributed by atoms with E-state index in [4.69, 9.17) is 9.05 Å². The van der Waals surface area contributed by atoms with Gasteiger partial charge in [-0.1, -0.05) is 10.3 Å². The molecule has 0 unspecified atom stereocenters. The molecule has 0 fully saturated rings. The number of carbonyl (C=O) groups is 2. The third-order valence-electron chi connectivity index (χ3n) is 3.14. The molecule has 0 aliphatic rings. The van der Waals surface area contributed by atoms with E-state index in [0.717, 1.165) is 0 Å². The highest BCUT2D eigenvalue weighted by Gasteiger charge is 2.23. The largest absolute Gasteiger partial charge is 0.360 e. The highest BCUT2D eigenvalue weighted by Crippen LogP contribution is 2.15. The second-order valence-electron chi connectivity index (χ2n) is 5.08. The minimum atomic E-state index is -0.537. The van der Waals surface area contributed by atoms with Gasteiger partial charge < -0.3 is 19.7 Å². The summed E-state index contributed by atoms with van der Waals surface area (Å²) in [6, 6.07) is 3.12. The van der Waals surface area contributed by atoms with Gasteiger partial charge in [0, 0.05) is 19.2 Å². The summed E-state index contributed by atoms with van der Waals surface area (Å²) < 4.78 is 11.1. The Labute approximate surface area is 135 Å². The molecule has 0 aromatic carbocycles. The summed E-state index contributed by atoms with van der Waals surface area (Å²) in [5.41, 5.74) is 0.171. The Morgan fingerprint density at radius 2 is 1.54 bits per heavy atom. The van der Waals surface area contributed by atoms with E-state index in [1.54, 1.807) is 33.0 Å². The lowest BCUT2D eigenvalue weighted by atomic mass is 10.2. The molecule has 0 radical (unpaired) electrons. The fraction of sp³-hybridized carbons (Fsp3) is 0.214. The van der Waals surface area contributed by atoms with Gasteiger partial charge in [0.1, 0.15) is 17.2 Å².